The van der Waals surface area contributed by atoms with Gasteiger partial charge in [0.2, 0.25) is 0 Å². The summed E-state index contributed by atoms with van der Waals surface area (Å²) in [7, 11) is -4.92. The average Bonchev–Trinajstić information content (AvgIpc) is 2.81. The van der Waals surface area contributed by atoms with Gasteiger partial charge in [-0.05, 0) is 55.7 Å². The molecule has 1 spiro atoms. The zero-order valence-electron chi connectivity index (χ0n) is 16.0. The van der Waals surface area contributed by atoms with E-state index in [9.17, 15) is 13.5 Å². The van der Waals surface area contributed by atoms with Crippen LogP contribution < -0.4 is 0 Å². The number of hydrogen-bond donors (Lipinski definition) is 1. The normalized spacial score (nSPS) is 34.0. The molecule has 26 heavy (non-hydrogen) atoms. The highest BCUT2D eigenvalue weighted by atomic mass is 79.9. The molecule has 0 heterocycles. The third-order valence-corrected chi connectivity index (χ3v) is 9.75. The maximum Gasteiger partial charge on any atom is 0.253 e. The van der Waals surface area contributed by atoms with Crippen LogP contribution in [0.3, 0.4) is 0 Å². The van der Waals surface area contributed by atoms with Gasteiger partial charge < -0.3 is 5.11 Å². The first-order valence-corrected chi connectivity index (χ1v) is 15.8. The monoisotopic (exact) mass is 459 g/mol. The summed E-state index contributed by atoms with van der Waals surface area (Å²) < 4.78 is 30.0. The van der Waals surface area contributed by atoms with E-state index in [1.807, 2.05) is 0 Å². The van der Waals surface area contributed by atoms with E-state index in [2.05, 4.69) is 52.1 Å². The Bertz CT molecular complexity index is 756. The first-order chi connectivity index (χ1) is 12.0. The second-order valence-electron chi connectivity index (χ2n) is 9.29. The smallest absolute Gasteiger partial charge is 0.253 e. The maximum atomic E-state index is 12.8. The Kier molecular flexibility index (Phi) is 5.75. The number of sulfonamides is 1. The minimum absolute atomic E-state index is 0.148. The van der Waals surface area contributed by atoms with Crippen LogP contribution >= 0.6 is 15.9 Å². The number of aliphatic hydroxyl groups excluding tert-OH is 1. The lowest BCUT2D eigenvalue weighted by Crippen LogP contribution is -2.34. The third-order valence-electron chi connectivity index (χ3n) is 5.82. The van der Waals surface area contributed by atoms with Gasteiger partial charge in [-0.15, -0.1) is 0 Å². The summed E-state index contributed by atoms with van der Waals surface area (Å²) in [5.74, 6) is 0.148. The van der Waals surface area contributed by atoms with Gasteiger partial charge in [0.05, 0.1) is 17.6 Å². The first-order valence-electron chi connectivity index (χ1n) is 9.57. The topological polar surface area (TPSA) is 66.7 Å². The van der Waals surface area contributed by atoms with E-state index in [0.717, 1.165) is 55.9 Å². The second-order valence-corrected chi connectivity index (χ2v) is 17.8. The lowest BCUT2D eigenvalue weighted by Gasteiger charge is -2.35. The number of rotatable bonds is 4. The van der Waals surface area contributed by atoms with Gasteiger partial charge in [-0.1, -0.05) is 47.7 Å². The number of allylic oxidation sites excluding steroid dienone is 4. The van der Waals surface area contributed by atoms with Crippen LogP contribution in [-0.4, -0.2) is 44.0 Å². The summed E-state index contributed by atoms with van der Waals surface area (Å²) in [5, 5.41) is 9.96. The van der Waals surface area contributed by atoms with Crippen molar-refractivity contribution in [2.75, 3.05) is 5.75 Å². The number of halogens is 1. The molecule has 2 saturated carbocycles. The second kappa shape index (κ2) is 7.30. The van der Waals surface area contributed by atoms with E-state index in [4.69, 9.17) is 0 Å². The molecule has 146 valence electrons. The van der Waals surface area contributed by atoms with Gasteiger partial charge >= 0.3 is 0 Å². The number of hydrogen-bond acceptors (Lipinski definition) is 3. The predicted molar refractivity (Wildman–Crippen MR) is 114 cm³/mol. The third kappa shape index (κ3) is 4.59. The molecule has 0 saturated heterocycles. The van der Waals surface area contributed by atoms with Crippen molar-refractivity contribution in [3.63, 3.8) is 0 Å². The molecule has 0 aromatic rings. The number of fused-ring (bicyclic) bond motifs is 1. The summed E-state index contributed by atoms with van der Waals surface area (Å²) in [4.78, 5) is 0.237. The number of aliphatic hydroxyl groups is 1. The molecular formula is C19H30BrNO3SSi. The molecule has 2 fully saturated rings. The first kappa shape index (κ1) is 20.5. The van der Waals surface area contributed by atoms with Gasteiger partial charge in [-0.3, -0.25) is 0 Å². The Morgan fingerprint density at radius 2 is 1.96 bits per heavy atom. The van der Waals surface area contributed by atoms with Gasteiger partial charge in [0.1, 0.15) is 0 Å². The summed E-state index contributed by atoms with van der Waals surface area (Å²) in [5.41, 5.74) is 2.85. The minimum atomic E-state index is -3.48. The quantitative estimate of drug-likeness (QED) is 0.498. The van der Waals surface area contributed by atoms with E-state index < -0.39 is 18.1 Å². The van der Waals surface area contributed by atoms with Crippen molar-refractivity contribution < 1.29 is 13.5 Å². The molecule has 4 nitrogen and oxygen atoms in total. The van der Waals surface area contributed by atoms with Crippen molar-refractivity contribution in [1.29, 1.82) is 0 Å². The minimum Gasteiger partial charge on any atom is -0.393 e. The standard InChI is InChI=1S/C19H30BrNO3SSi/c1-26(2,3)11-10-25(23,24)21-18-17-12-15(20)5-4-14(17)13-19(18)8-6-16(22)7-9-19/h4,12,15-16,22H,5-11,13H2,1-3H3. The van der Waals surface area contributed by atoms with Crippen molar-refractivity contribution in [3.8, 4) is 0 Å². The van der Waals surface area contributed by atoms with Crippen LogP contribution in [0, 0.1) is 5.41 Å². The summed E-state index contributed by atoms with van der Waals surface area (Å²) in [6, 6.07) is 0.737. The molecule has 1 N–H and O–H groups in total. The fraction of sp³-hybridized carbons (Fsp3) is 0.737. The van der Waals surface area contributed by atoms with Crippen LogP contribution in [0.1, 0.15) is 38.5 Å². The molecule has 0 aliphatic heterocycles. The van der Waals surface area contributed by atoms with E-state index in [1.165, 1.54) is 5.57 Å². The Morgan fingerprint density at radius 1 is 1.31 bits per heavy atom. The number of nitrogens with zero attached hydrogens (tertiary/aromatic N) is 1. The van der Waals surface area contributed by atoms with Crippen molar-refractivity contribution >= 4 is 39.7 Å². The van der Waals surface area contributed by atoms with E-state index >= 15 is 0 Å². The van der Waals surface area contributed by atoms with Crippen LogP contribution in [0.5, 0.6) is 0 Å². The van der Waals surface area contributed by atoms with Gasteiger partial charge in [0, 0.05) is 18.3 Å². The van der Waals surface area contributed by atoms with Crippen molar-refractivity contribution in [1.82, 2.24) is 0 Å². The van der Waals surface area contributed by atoms with Crippen LogP contribution in [-0.2, 0) is 10.0 Å². The molecule has 1 atom stereocenters. The Morgan fingerprint density at radius 3 is 2.58 bits per heavy atom. The molecule has 3 aliphatic rings. The van der Waals surface area contributed by atoms with Gasteiger partial charge in [0.25, 0.3) is 10.0 Å². The average molecular weight is 461 g/mol. The van der Waals surface area contributed by atoms with Gasteiger partial charge in [-0.2, -0.15) is 4.40 Å². The van der Waals surface area contributed by atoms with E-state index in [0.29, 0.717) is 0 Å². The molecular weight excluding hydrogens is 430 g/mol. The van der Waals surface area contributed by atoms with Crippen molar-refractivity contribution in [2.45, 2.75) is 75.1 Å². The summed E-state index contributed by atoms with van der Waals surface area (Å²) >= 11 is 3.65. The summed E-state index contributed by atoms with van der Waals surface area (Å²) in [6.45, 7) is 6.57. The van der Waals surface area contributed by atoms with E-state index in [-0.39, 0.29) is 22.1 Å². The maximum absolute atomic E-state index is 12.8. The van der Waals surface area contributed by atoms with E-state index in [1.54, 1.807) is 0 Å². The molecule has 7 heteroatoms. The predicted octanol–water partition coefficient (Wildman–Crippen LogP) is 4.44. The molecule has 0 aromatic carbocycles. The van der Waals surface area contributed by atoms with Crippen LogP contribution in [0.2, 0.25) is 25.7 Å². The van der Waals surface area contributed by atoms with Crippen molar-refractivity contribution in [2.24, 2.45) is 9.81 Å². The lowest BCUT2D eigenvalue weighted by atomic mass is 9.70. The molecule has 0 bridgehead atoms. The fourth-order valence-electron chi connectivity index (χ4n) is 4.19. The fourth-order valence-corrected chi connectivity index (χ4v) is 8.78. The summed E-state index contributed by atoms with van der Waals surface area (Å²) in [6.07, 6.45) is 9.01. The van der Waals surface area contributed by atoms with Crippen molar-refractivity contribution in [3.05, 3.63) is 23.3 Å². The lowest BCUT2D eigenvalue weighted by molar-refractivity contribution is 0.0939. The highest BCUT2D eigenvalue weighted by molar-refractivity contribution is 9.09. The zero-order valence-corrected chi connectivity index (χ0v) is 19.4. The molecule has 1 unspecified atom stereocenters. The highest BCUT2D eigenvalue weighted by Gasteiger charge is 2.48. The largest absolute Gasteiger partial charge is 0.393 e. The van der Waals surface area contributed by atoms with Crippen LogP contribution in [0.25, 0.3) is 0 Å². The van der Waals surface area contributed by atoms with Crippen LogP contribution in [0.4, 0.5) is 0 Å². The van der Waals surface area contributed by atoms with Crippen LogP contribution in [0.15, 0.2) is 27.7 Å². The highest BCUT2D eigenvalue weighted by Crippen LogP contribution is 2.53. The zero-order chi connectivity index (χ0) is 19.2. The van der Waals surface area contributed by atoms with Gasteiger partial charge in [-0.25, -0.2) is 8.42 Å². The van der Waals surface area contributed by atoms with Gasteiger partial charge in [0.15, 0.2) is 0 Å². The Labute approximate surface area is 167 Å². The number of alkyl halides is 1. The molecule has 0 amide bonds. The molecule has 0 radical (unpaired) electrons. The molecule has 0 aromatic heterocycles. The molecule has 3 aliphatic carbocycles. The SMILES string of the molecule is C[Si](C)(C)CCS(=O)(=O)N=C1C2=CC(Br)CC=C2CC12CCC(O)CC2. The Hall–Kier alpha value is -0.243. The Balaban J connectivity index is 1.98. The molecule has 3 rings (SSSR count).